The van der Waals surface area contributed by atoms with Crippen LogP contribution in [0.25, 0.3) is 0 Å². The number of aryl methyl sites for hydroxylation is 1. The predicted molar refractivity (Wildman–Crippen MR) is 115 cm³/mol. The molecule has 1 aliphatic heterocycles. The second kappa shape index (κ2) is 8.38. The summed E-state index contributed by atoms with van der Waals surface area (Å²) in [5, 5.41) is 13.2. The molecule has 6 heteroatoms. The van der Waals surface area contributed by atoms with Crippen LogP contribution in [-0.4, -0.2) is 27.8 Å². The fourth-order valence-corrected chi connectivity index (χ4v) is 5.68. The number of nitrogens with zero attached hydrogens (tertiary/aromatic N) is 3. The zero-order valence-corrected chi connectivity index (χ0v) is 17.8. The quantitative estimate of drug-likeness (QED) is 0.801. The van der Waals surface area contributed by atoms with Crippen LogP contribution in [0.4, 0.5) is 0 Å². The van der Waals surface area contributed by atoms with E-state index in [9.17, 15) is 10.1 Å². The lowest BCUT2D eigenvalue weighted by molar-refractivity contribution is 0.0742. The van der Waals surface area contributed by atoms with Crippen LogP contribution in [0.1, 0.15) is 62.2 Å². The minimum Gasteiger partial charge on any atom is -0.294 e. The van der Waals surface area contributed by atoms with Crippen LogP contribution < -0.4 is 5.56 Å². The Morgan fingerprint density at radius 1 is 1.17 bits per heavy atom. The lowest BCUT2D eigenvalue weighted by atomic mass is 9.73. The third kappa shape index (κ3) is 3.76. The molecule has 4 rings (SSSR count). The summed E-state index contributed by atoms with van der Waals surface area (Å²) in [6, 6.07) is 12.9. The molecule has 0 spiro atoms. The number of hydrogen-bond acceptors (Lipinski definition) is 3. The minimum absolute atomic E-state index is 0.124. The molecule has 0 radical (unpaired) electrons. The molecular formula is C23H29ClN4O. The minimum atomic E-state index is -0.428. The van der Waals surface area contributed by atoms with Crippen molar-refractivity contribution in [3.63, 3.8) is 0 Å². The molecule has 1 saturated carbocycles. The Labute approximate surface area is 177 Å². The topological polar surface area (TPSA) is 64.8 Å². The van der Waals surface area contributed by atoms with Crippen LogP contribution in [0.5, 0.6) is 0 Å². The normalized spacial score (nSPS) is 21.6. The molecule has 2 aliphatic rings. The Balaban J connectivity index is 1.63. The molecule has 1 aromatic heterocycles. The fourth-order valence-electron chi connectivity index (χ4n) is 5.40. The van der Waals surface area contributed by atoms with Gasteiger partial charge in [0, 0.05) is 20.1 Å². The van der Waals surface area contributed by atoms with E-state index in [1.165, 1.54) is 32.1 Å². The maximum absolute atomic E-state index is 12.2. The van der Waals surface area contributed by atoms with Gasteiger partial charge < -0.3 is 0 Å². The molecule has 5 nitrogen and oxygen atoms in total. The summed E-state index contributed by atoms with van der Waals surface area (Å²) in [5.41, 5.74) is 1.39. The molecular weight excluding hydrogens is 384 g/mol. The van der Waals surface area contributed by atoms with E-state index in [1.807, 2.05) is 29.9 Å². The van der Waals surface area contributed by atoms with Crippen molar-refractivity contribution in [2.45, 2.75) is 56.4 Å². The zero-order valence-electron chi connectivity index (χ0n) is 17.0. The molecule has 1 atom stereocenters. The van der Waals surface area contributed by atoms with Gasteiger partial charge in [0.25, 0.3) is 5.56 Å². The number of likely N-dealkylation sites (tertiary alicyclic amines) is 1. The van der Waals surface area contributed by atoms with Crippen molar-refractivity contribution >= 4 is 11.6 Å². The number of hydrogen-bond donors (Lipinski definition) is 1. The van der Waals surface area contributed by atoms with E-state index in [2.05, 4.69) is 28.2 Å². The molecule has 1 aromatic carbocycles. The summed E-state index contributed by atoms with van der Waals surface area (Å²) in [7, 11) is 1.88. The number of aromatic amines is 1. The molecule has 2 heterocycles. The summed E-state index contributed by atoms with van der Waals surface area (Å²) in [6.07, 6.45) is 7.68. The van der Waals surface area contributed by atoms with Crippen LogP contribution in [0.2, 0.25) is 5.02 Å². The highest BCUT2D eigenvalue weighted by molar-refractivity contribution is 6.31. The predicted octanol–water partition coefficient (Wildman–Crippen LogP) is 4.55. The molecule has 29 heavy (non-hydrogen) atoms. The molecule has 1 aliphatic carbocycles. The van der Waals surface area contributed by atoms with Crippen LogP contribution in [0.15, 0.2) is 35.1 Å². The fraction of sp³-hybridized carbons (Fsp3) is 0.565. The Bertz CT molecular complexity index is 928. The van der Waals surface area contributed by atoms with E-state index in [-0.39, 0.29) is 11.6 Å². The second-order valence-corrected chi connectivity index (χ2v) is 9.02. The highest BCUT2D eigenvalue weighted by Crippen LogP contribution is 2.44. The second-order valence-electron chi connectivity index (χ2n) is 8.64. The van der Waals surface area contributed by atoms with E-state index in [4.69, 9.17) is 11.6 Å². The Kier molecular flexibility index (Phi) is 5.85. The van der Waals surface area contributed by atoms with Crippen LogP contribution in [0.3, 0.4) is 0 Å². The first-order chi connectivity index (χ1) is 14.1. The molecule has 2 aromatic rings. The number of rotatable bonds is 4. The Hall–Kier alpha value is -2.03. The summed E-state index contributed by atoms with van der Waals surface area (Å²) >= 11 is 6.48. The van der Waals surface area contributed by atoms with Crippen molar-refractivity contribution in [2.24, 2.45) is 13.0 Å². The number of benzene rings is 1. The van der Waals surface area contributed by atoms with Crippen molar-refractivity contribution in [3.05, 3.63) is 57.0 Å². The van der Waals surface area contributed by atoms with E-state index >= 15 is 0 Å². The molecule has 0 bridgehead atoms. The first-order valence-electron chi connectivity index (χ1n) is 10.7. The van der Waals surface area contributed by atoms with Crippen LogP contribution in [0, 0.1) is 17.2 Å². The highest BCUT2D eigenvalue weighted by atomic mass is 35.5. The van der Waals surface area contributed by atoms with Gasteiger partial charge in [-0.2, -0.15) is 5.26 Å². The molecule has 0 amide bonds. The van der Waals surface area contributed by atoms with Gasteiger partial charge in [-0.05, 0) is 37.2 Å². The lowest BCUT2D eigenvalue weighted by Crippen LogP contribution is -2.46. The summed E-state index contributed by atoms with van der Waals surface area (Å²) in [5.74, 6) is 0.494. The number of H-pyrrole nitrogens is 1. The number of aromatic nitrogens is 2. The SMILES string of the molecule is Cn1[nH]c(=O)c(Cl)c1C(C1CCCCC1)N1CCC(C#N)(c2ccccc2)CC1. The van der Waals surface area contributed by atoms with Gasteiger partial charge in [0.1, 0.15) is 5.02 Å². The van der Waals surface area contributed by atoms with Gasteiger partial charge in [0.2, 0.25) is 0 Å². The zero-order chi connectivity index (χ0) is 20.4. The maximum atomic E-state index is 12.2. The third-order valence-corrected chi connectivity index (χ3v) is 7.38. The van der Waals surface area contributed by atoms with Gasteiger partial charge >= 0.3 is 0 Å². The van der Waals surface area contributed by atoms with Crippen molar-refractivity contribution < 1.29 is 0 Å². The Morgan fingerprint density at radius 3 is 2.38 bits per heavy atom. The van der Waals surface area contributed by atoms with Gasteiger partial charge in [0.15, 0.2) is 0 Å². The lowest BCUT2D eigenvalue weighted by Gasteiger charge is -2.44. The van der Waals surface area contributed by atoms with Crippen molar-refractivity contribution in [2.75, 3.05) is 13.1 Å². The van der Waals surface area contributed by atoms with Crippen LogP contribution >= 0.6 is 11.6 Å². The molecule has 2 fully saturated rings. The van der Waals surface area contributed by atoms with E-state index in [0.29, 0.717) is 10.9 Å². The first-order valence-corrected chi connectivity index (χ1v) is 11.1. The average molecular weight is 413 g/mol. The average Bonchev–Trinajstić information content (AvgIpc) is 3.02. The number of halogens is 1. The van der Waals surface area contributed by atoms with E-state index < -0.39 is 5.41 Å². The number of nitrogens with one attached hydrogen (secondary N) is 1. The maximum Gasteiger partial charge on any atom is 0.283 e. The van der Waals surface area contributed by atoms with Gasteiger partial charge in [0.05, 0.1) is 23.2 Å². The van der Waals surface area contributed by atoms with Gasteiger partial charge in [-0.25, -0.2) is 0 Å². The van der Waals surface area contributed by atoms with Gasteiger partial charge in [-0.3, -0.25) is 19.5 Å². The van der Waals surface area contributed by atoms with Crippen molar-refractivity contribution in [1.29, 1.82) is 5.26 Å². The Morgan fingerprint density at radius 2 is 1.83 bits per heavy atom. The first kappa shape index (κ1) is 20.3. The largest absolute Gasteiger partial charge is 0.294 e. The molecule has 1 N–H and O–H groups in total. The van der Waals surface area contributed by atoms with Crippen LogP contribution in [-0.2, 0) is 12.5 Å². The molecule has 1 saturated heterocycles. The number of nitriles is 1. The summed E-state index contributed by atoms with van der Waals surface area (Å²) < 4.78 is 1.81. The third-order valence-electron chi connectivity index (χ3n) is 7.02. The van der Waals surface area contributed by atoms with Crippen molar-refractivity contribution in [1.82, 2.24) is 14.7 Å². The molecule has 1 unspecified atom stereocenters. The van der Waals surface area contributed by atoms with E-state index in [0.717, 1.165) is 37.2 Å². The number of piperidine rings is 1. The van der Waals surface area contributed by atoms with Gasteiger partial charge in [-0.1, -0.05) is 61.2 Å². The summed E-state index contributed by atoms with van der Waals surface area (Å²) in [6.45, 7) is 1.67. The van der Waals surface area contributed by atoms with Gasteiger partial charge in [-0.15, -0.1) is 0 Å². The highest BCUT2D eigenvalue weighted by Gasteiger charge is 2.41. The van der Waals surface area contributed by atoms with Crippen molar-refractivity contribution in [3.8, 4) is 6.07 Å². The monoisotopic (exact) mass is 412 g/mol. The smallest absolute Gasteiger partial charge is 0.283 e. The summed E-state index contributed by atoms with van der Waals surface area (Å²) in [4.78, 5) is 14.7. The molecule has 154 valence electrons. The van der Waals surface area contributed by atoms with E-state index in [1.54, 1.807) is 0 Å². The standard InChI is InChI=1S/C23H29ClN4O/c1-27-21(19(24)22(29)26-27)20(17-8-4-2-5-9-17)28-14-12-23(16-25,13-15-28)18-10-6-3-7-11-18/h3,6-7,10-11,17,20H,2,4-5,8-9,12-15H2,1H3,(H,26,29).